The number of aliphatic hydroxyl groups is 1. The first-order valence-corrected chi connectivity index (χ1v) is 4.32. The third-order valence-electron chi connectivity index (χ3n) is 1.59. The maximum Gasteiger partial charge on any atom is 0.418 e. The molecule has 0 aliphatic carbocycles. The predicted octanol–water partition coefficient (Wildman–Crippen LogP) is 3.18. The lowest BCUT2D eigenvalue weighted by atomic mass is 10.1. The summed E-state index contributed by atoms with van der Waals surface area (Å²) in [5.74, 6) is -0.842. The standard InChI is InChI=1S/C8H5BrF4O/c9-6-4(2-1-3-5(6)10)7(14)8(11,12)13/h1-3,7,14H/t7-/m0/s1. The topological polar surface area (TPSA) is 20.2 Å². The predicted molar refractivity (Wildman–Crippen MR) is 45.1 cm³/mol. The van der Waals surface area contributed by atoms with E-state index in [1.54, 1.807) is 0 Å². The van der Waals surface area contributed by atoms with Crippen LogP contribution >= 0.6 is 15.9 Å². The van der Waals surface area contributed by atoms with E-state index in [2.05, 4.69) is 15.9 Å². The quantitative estimate of drug-likeness (QED) is 0.779. The SMILES string of the molecule is O[C@@H](c1cccc(F)c1Br)C(F)(F)F. The maximum atomic E-state index is 12.8. The van der Waals surface area contributed by atoms with Gasteiger partial charge in [-0.1, -0.05) is 12.1 Å². The number of hydrogen-bond acceptors (Lipinski definition) is 1. The molecule has 1 atom stereocenters. The normalized spacial score (nSPS) is 14.1. The summed E-state index contributed by atoms with van der Waals surface area (Å²) in [6.07, 6.45) is -7.47. The Balaban J connectivity index is 3.14. The van der Waals surface area contributed by atoms with E-state index in [1.807, 2.05) is 0 Å². The summed E-state index contributed by atoms with van der Waals surface area (Å²) >= 11 is 2.64. The molecule has 6 heteroatoms. The average Bonchev–Trinajstić information content (AvgIpc) is 2.07. The molecule has 0 heterocycles. The van der Waals surface area contributed by atoms with Crippen LogP contribution < -0.4 is 0 Å². The zero-order valence-electron chi connectivity index (χ0n) is 6.65. The van der Waals surface area contributed by atoms with Gasteiger partial charge in [0.15, 0.2) is 6.10 Å². The van der Waals surface area contributed by atoms with E-state index >= 15 is 0 Å². The Bertz CT molecular complexity index is 337. The van der Waals surface area contributed by atoms with Crippen molar-refractivity contribution in [3.05, 3.63) is 34.1 Å². The third kappa shape index (κ3) is 2.24. The molecule has 0 unspecified atom stereocenters. The molecule has 0 bridgehead atoms. The molecule has 78 valence electrons. The van der Waals surface area contributed by atoms with Crippen LogP contribution in [-0.2, 0) is 0 Å². The third-order valence-corrected chi connectivity index (χ3v) is 2.42. The minimum Gasteiger partial charge on any atom is -0.379 e. The monoisotopic (exact) mass is 272 g/mol. The van der Waals surface area contributed by atoms with Crippen molar-refractivity contribution in [2.75, 3.05) is 0 Å². The van der Waals surface area contributed by atoms with Gasteiger partial charge in [-0.3, -0.25) is 0 Å². The fourth-order valence-electron chi connectivity index (χ4n) is 0.908. The van der Waals surface area contributed by atoms with Gasteiger partial charge < -0.3 is 5.11 Å². The van der Waals surface area contributed by atoms with Crippen LogP contribution in [0.1, 0.15) is 11.7 Å². The second-order valence-electron chi connectivity index (χ2n) is 2.59. The number of aliphatic hydroxyl groups excluding tert-OH is 1. The molecule has 0 aliphatic rings. The Morgan fingerprint density at radius 2 is 1.86 bits per heavy atom. The largest absolute Gasteiger partial charge is 0.418 e. The molecule has 1 aromatic carbocycles. The Labute approximate surface area is 85.5 Å². The van der Waals surface area contributed by atoms with Gasteiger partial charge in [0.2, 0.25) is 0 Å². The van der Waals surface area contributed by atoms with E-state index in [9.17, 15) is 17.6 Å². The molecule has 0 saturated heterocycles. The summed E-state index contributed by atoms with van der Waals surface area (Å²) in [5.41, 5.74) is -0.530. The van der Waals surface area contributed by atoms with Crippen LogP contribution in [0.4, 0.5) is 17.6 Å². The molecular formula is C8H5BrF4O. The van der Waals surface area contributed by atoms with Gasteiger partial charge in [-0.05, 0) is 22.0 Å². The number of hydrogen-bond donors (Lipinski definition) is 1. The lowest BCUT2D eigenvalue weighted by Gasteiger charge is -2.16. The van der Waals surface area contributed by atoms with Crippen molar-refractivity contribution in [2.24, 2.45) is 0 Å². The van der Waals surface area contributed by atoms with Crippen molar-refractivity contribution in [3.8, 4) is 0 Å². The van der Waals surface area contributed by atoms with Gasteiger partial charge in [0.25, 0.3) is 0 Å². The smallest absolute Gasteiger partial charge is 0.379 e. The van der Waals surface area contributed by atoms with Crippen molar-refractivity contribution in [2.45, 2.75) is 12.3 Å². The van der Waals surface area contributed by atoms with E-state index in [0.717, 1.165) is 18.2 Å². The molecule has 0 aromatic heterocycles. The molecule has 0 fully saturated rings. The highest BCUT2D eigenvalue weighted by Gasteiger charge is 2.40. The Morgan fingerprint density at radius 1 is 1.29 bits per heavy atom. The van der Waals surface area contributed by atoms with Crippen molar-refractivity contribution >= 4 is 15.9 Å². The van der Waals surface area contributed by atoms with Crippen LogP contribution in [0.3, 0.4) is 0 Å². The molecule has 1 rings (SSSR count). The lowest BCUT2D eigenvalue weighted by molar-refractivity contribution is -0.207. The summed E-state index contributed by atoms with van der Waals surface area (Å²) in [6.45, 7) is 0. The molecule has 1 aromatic rings. The number of rotatable bonds is 1. The summed E-state index contributed by atoms with van der Waals surface area (Å²) in [5, 5.41) is 8.84. The first kappa shape index (κ1) is 11.5. The van der Waals surface area contributed by atoms with Crippen LogP contribution in [0.15, 0.2) is 22.7 Å². The fraction of sp³-hybridized carbons (Fsp3) is 0.250. The van der Waals surface area contributed by atoms with Gasteiger partial charge in [-0.25, -0.2) is 4.39 Å². The maximum absolute atomic E-state index is 12.8. The molecule has 0 aliphatic heterocycles. The molecule has 0 saturated carbocycles. The summed E-state index contributed by atoms with van der Waals surface area (Å²) in [4.78, 5) is 0. The Kier molecular flexibility index (Phi) is 3.16. The molecule has 0 radical (unpaired) electrons. The lowest BCUT2D eigenvalue weighted by Crippen LogP contribution is -2.20. The van der Waals surface area contributed by atoms with E-state index < -0.39 is 23.7 Å². The second kappa shape index (κ2) is 3.86. The van der Waals surface area contributed by atoms with Crippen LogP contribution in [0, 0.1) is 5.82 Å². The van der Waals surface area contributed by atoms with Gasteiger partial charge in [0, 0.05) is 5.56 Å². The van der Waals surface area contributed by atoms with Crippen LogP contribution in [0.5, 0.6) is 0 Å². The zero-order valence-corrected chi connectivity index (χ0v) is 8.23. The van der Waals surface area contributed by atoms with Crippen LogP contribution in [0.25, 0.3) is 0 Å². The summed E-state index contributed by atoms with van der Waals surface area (Å²) in [6, 6.07) is 3.10. The first-order chi connectivity index (χ1) is 6.34. The minimum atomic E-state index is -4.80. The van der Waals surface area contributed by atoms with E-state index in [-0.39, 0.29) is 4.47 Å². The highest BCUT2D eigenvalue weighted by atomic mass is 79.9. The molecule has 14 heavy (non-hydrogen) atoms. The van der Waals surface area contributed by atoms with Crippen LogP contribution in [-0.4, -0.2) is 11.3 Å². The van der Waals surface area contributed by atoms with Gasteiger partial charge >= 0.3 is 6.18 Å². The van der Waals surface area contributed by atoms with Crippen molar-refractivity contribution in [1.29, 1.82) is 0 Å². The molecule has 0 amide bonds. The van der Waals surface area contributed by atoms with Crippen molar-refractivity contribution < 1.29 is 22.7 Å². The van der Waals surface area contributed by atoms with Gasteiger partial charge in [0.05, 0.1) is 4.47 Å². The van der Waals surface area contributed by atoms with Crippen LogP contribution in [0.2, 0.25) is 0 Å². The van der Waals surface area contributed by atoms with Gasteiger partial charge in [-0.15, -0.1) is 0 Å². The fourth-order valence-corrected chi connectivity index (χ4v) is 1.39. The molecule has 0 spiro atoms. The highest BCUT2D eigenvalue weighted by Crippen LogP contribution is 2.36. The average molecular weight is 273 g/mol. The number of alkyl halides is 3. The van der Waals surface area contributed by atoms with Crippen molar-refractivity contribution in [3.63, 3.8) is 0 Å². The molecule has 1 nitrogen and oxygen atoms in total. The molecular weight excluding hydrogens is 268 g/mol. The second-order valence-corrected chi connectivity index (χ2v) is 3.38. The zero-order chi connectivity index (χ0) is 10.9. The highest BCUT2D eigenvalue weighted by molar-refractivity contribution is 9.10. The van der Waals surface area contributed by atoms with Gasteiger partial charge in [-0.2, -0.15) is 13.2 Å². The van der Waals surface area contributed by atoms with Crippen molar-refractivity contribution in [1.82, 2.24) is 0 Å². The Hall–Kier alpha value is -0.620. The van der Waals surface area contributed by atoms with E-state index in [0.29, 0.717) is 0 Å². The van der Waals surface area contributed by atoms with E-state index in [4.69, 9.17) is 5.11 Å². The number of benzene rings is 1. The summed E-state index contributed by atoms with van der Waals surface area (Å²) in [7, 11) is 0. The van der Waals surface area contributed by atoms with E-state index in [1.165, 1.54) is 0 Å². The van der Waals surface area contributed by atoms with Gasteiger partial charge in [0.1, 0.15) is 5.82 Å². The number of halogens is 5. The first-order valence-electron chi connectivity index (χ1n) is 3.52. The molecule has 1 N–H and O–H groups in total. The minimum absolute atomic E-state index is 0.371. The summed E-state index contributed by atoms with van der Waals surface area (Å²) < 4.78 is 48.6. The Morgan fingerprint density at radius 3 is 2.36 bits per heavy atom.